The first-order valence-corrected chi connectivity index (χ1v) is 6.68. The van der Waals surface area contributed by atoms with Crippen molar-refractivity contribution in [1.82, 2.24) is 9.38 Å². The number of fused-ring (bicyclic) bond motifs is 4. The number of hydrogen-bond donors (Lipinski definition) is 0. The van der Waals surface area contributed by atoms with Crippen LogP contribution in [0.25, 0.3) is 15.2 Å². The van der Waals surface area contributed by atoms with Crippen molar-refractivity contribution < 1.29 is 4.39 Å². The van der Waals surface area contributed by atoms with Gasteiger partial charge >= 0.3 is 0 Å². The van der Waals surface area contributed by atoms with E-state index in [9.17, 15) is 9.18 Å². The Morgan fingerprint density at radius 1 is 1.33 bits per heavy atom. The fourth-order valence-electron chi connectivity index (χ4n) is 2.60. The fraction of sp³-hybridized carbons (Fsp3) is 0.231. The van der Waals surface area contributed by atoms with E-state index in [2.05, 4.69) is 4.98 Å². The SMILES string of the molecule is O=c1c2c(nc3sc4cc(F)ccc4n13)CCC2. The van der Waals surface area contributed by atoms with Crippen LogP contribution < -0.4 is 5.56 Å². The molecular formula is C13H9FN2OS. The molecule has 3 aromatic rings. The van der Waals surface area contributed by atoms with Crippen molar-refractivity contribution in [3.63, 3.8) is 0 Å². The Morgan fingerprint density at radius 3 is 3.11 bits per heavy atom. The molecule has 0 atom stereocenters. The van der Waals surface area contributed by atoms with Gasteiger partial charge in [-0.1, -0.05) is 11.3 Å². The van der Waals surface area contributed by atoms with Gasteiger partial charge in [0.05, 0.1) is 15.9 Å². The van der Waals surface area contributed by atoms with E-state index in [0.29, 0.717) is 4.96 Å². The average Bonchev–Trinajstić information content (AvgIpc) is 2.92. The van der Waals surface area contributed by atoms with E-state index in [1.807, 2.05) is 0 Å². The zero-order valence-electron chi connectivity index (χ0n) is 9.44. The van der Waals surface area contributed by atoms with Gasteiger partial charge in [-0.2, -0.15) is 0 Å². The highest BCUT2D eigenvalue weighted by molar-refractivity contribution is 7.23. The van der Waals surface area contributed by atoms with Gasteiger partial charge in [0.2, 0.25) is 0 Å². The van der Waals surface area contributed by atoms with Gasteiger partial charge in [0.15, 0.2) is 4.96 Å². The lowest BCUT2D eigenvalue weighted by molar-refractivity contribution is 0.630. The van der Waals surface area contributed by atoms with E-state index in [-0.39, 0.29) is 11.4 Å². The van der Waals surface area contributed by atoms with E-state index in [1.165, 1.54) is 23.5 Å². The Morgan fingerprint density at radius 2 is 2.22 bits per heavy atom. The Labute approximate surface area is 106 Å². The highest BCUT2D eigenvalue weighted by atomic mass is 32.1. The Bertz CT molecular complexity index is 849. The molecule has 0 radical (unpaired) electrons. The summed E-state index contributed by atoms with van der Waals surface area (Å²) < 4.78 is 15.6. The minimum Gasteiger partial charge on any atom is -0.269 e. The first-order valence-electron chi connectivity index (χ1n) is 5.86. The van der Waals surface area contributed by atoms with Crippen molar-refractivity contribution in [2.75, 3.05) is 0 Å². The zero-order chi connectivity index (χ0) is 12.3. The Balaban J connectivity index is 2.24. The molecule has 4 rings (SSSR count). The summed E-state index contributed by atoms with van der Waals surface area (Å²) in [4.78, 5) is 17.6. The molecular weight excluding hydrogens is 251 g/mol. The fourth-order valence-corrected chi connectivity index (χ4v) is 3.66. The van der Waals surface area contributed by atoms with Crippen molar-refractivity contribution in [2.24, 2.45) is 0 Å². The first-order chi connectivity index (χ1) is 8.74. The van der Waals surface area contributed by atoms with Crippen LogP contribution in [-0.4, -0.2) is 9.38 Å². The summed E-state index contributed by atoms with van der Waals surface area (Å²) in [5.74, 6) is -0.283. The lowest BCUT2D eigenvalue weighted by Gasteiger charge is -1.99. The van der Waals surface area contributed by atoms with Gasteiger partial charge in [-0.25, -0.2) is 9.37 Å². The van der Waals surface area contributed by atoms with Crippen LogP contribution in [0, 0.1) is 5.82 Å². The maximum absolute atomic E-state index is 13.2. The average molecular weight is 260 g/mol. The number of halogens is 1. The molecule has 0 unspecified atom stereocenters. The number of nitrogens with zero attached hydrogens (tertiary/aromatic N) is 2. The molecule has 1 aliphatic carbocycles. The van der Waals surface area contributed by atoms with Crippen molar-refractivity contribution in [3.05, 3.63) is 45.6 Å². The standard InChI is InChI=1S/C13H9FN2OS/c14-7-4-5-10-11(6-7)18-13-15-9-3-1-2-8(9)12(17)16(10)13/h4-6H,1-3H2. The second kappa shape index (κ2) is 3.38. The summed E-state index contributed by atoms with van der Waals surface area (Å²) in [7, 11) is 0. The number of aryl methyl sites for hydroxylation is 1. The third-order valence-electron chi connectivity index (χ3n) is 3.44. The van der Waals surface area contributed by atoms with E-state index < -0.39 is 0 Å². The van der Waals surface area contributed by atoms with Crippen LogP contribution in [0.2, 0.25) is 0 Å². The molecule has 90 valence electrons. The minimum atomic E-state index is -0.283. The third kappa shape index (κ3) is 1.22. The van der Waals surface area contributed by atoms with E-state index >= 15 is 0 Å². The molecule has 0 fully saturated rings. The van der Waals surface area contributed by atoms with E-state index in [1.54, 1.807) is 10.5 Å². The van der Waals surface area contributed by atoms with Crippen LogP contribution in [0.5, 0.6) is 0 Å². The van der Waals surface area contributed by atoms with E-state index in [0.717, 1.165) is 40.7 Å². The van der Waals surface area contributed by atoms with Gasteiger partial charge in [0.1, 0.15) is 5.82 Å². The molecule has 0 amide bonds. The van der Waals surface area contributed by atoms with Gasteiger partial charge in [-0.05, 0) is 37.5 Å². The predicted molar refractivity (Wildman–Crippen MR) is 68.8 cm³/mol. The molecule has 0 aliphatic heterocycles. The molecule has 3 nitrogen and oxygen atoms in total. The van der Waals surface area contributed by atoms with Crippen molar-refractivity contribution in [1.29, 1.82) is 0 Å². The third-order valence-corrected chi connectivity index (χ3v) is 4.44. The molecule has 0 spiro atoms. The molecule has 1 aromatic carbocycles. The highest BCUT2D eigenvalue weighted by Gasteiger charge is 2.20. The zero-order valence-corrected chi connectivity index (χ0v) is 10.3. The lowest BCUT2D eigenvalue weighted by atomic mass is 10.2. The molecule has 0 saturated carbocycles. The topological polar surface area (TPSA) is 34.4 Å². The second-order valence-electron chi connectivity index (χ2n) is 4.53. The molecule has 0 saturated heterocycles. The smallest absolute Gasteiger partial charge is 0.262 e. The maximum atomic E-state index is 13.2. The number of rotatable bonds is 0. The molecule has 2 aromatic heterocycles. The molecule has 5 heteroatoms. The number of hydrogen-bond acceptors (Lipinski definition) is 3. The van der Waals surface area contributed by atoms with Crippen LogP contribution in [-0.2, 0) is 12.8 Å². The number of aromatic nitrogens is 2. The van der Waals surface area contributed by atoms with Gasteiger partial charge < -0.3 is 0 Å². The first kappa shape index (κ1) is 10.2. The second-order valence-corrected chi connectivity index (χ2v) is 5.54. The van der Waals surface area contributed by atoms with Crippen molar-refractivity contribution in [2.45, 2.75) is 19.3 Å². The van der Waals surface area contributed by atoms with Gasteiger partial charge in [0, 0.05) is 5.56 Å². The summed E-state index contributed by atoms with van der Waals surface area (Å²) in [5.41, 5.74) is 2.53. The van der Waals surface area contributed by atoms with Gasteiger partial charge in [-0.15, -0.1) is 0 Å². The van der Waals surface area contributed by atoms with E-state index in [4.69, 9.17) is 0 Å². The number of thiazole rings is 1. The Hall–Kier alpha value is -1.75. The molecule has 1 aliphatic rings. The number of benzene rings is 1. The monoisotopic (exact) mass is 260 g/mol. The van der Waals surface area contributed by atoms with Gasteiger partial charge in [0.25, 0.3) is 5.56 Å². The van der Waals surface area contributed by atoms with Crippen LogP contribution in [0.3, 0.4) is 0 Å². The molecule has 0 N–H and O–H groups in total. The van der Waals surface area contributed by atoms with Crippen LogP contribution >= 0.6 is 11.3 Å². The summed E-state index contributed by atoms with van der Waals surface area (Å²) in [6, 6.07) is 4.49. The maximum Gasteiger partial charge on any atom is 0.262 e. The highest BCUT2D eigenvalue weighted by Crippen LogP contribution is 2.27. The largest absolute Gasteiger partial charge is 0.269 e. The summed E-state index contributed by atoms with van der Waals surface area (Å²) in [6.07, 6.45) is 2.69. The molecule has 0 bridgehead atoms. The van der Waals surface area contributed by atoms with Gasteiger partial charge in [-0.3, -0.25) is 9.20 Å². The summed E-state index contributed by atoms with van der Waals surface area (Å²) in [5, 5.41) is 0. The van der Waals surface area contributed by atoms with Crippen molar-refractivity contribution >= 4 is 26.5 Å². The quantitative estimate of drug-likeness (QED) is 0.622. The van der Waals surface area contributed by atoms with Crippen LogP contribution in [0.15, 0.2) is 23.0 Å². The molecule has 18 heavy (non-hydrogen) atoms. The van der Waals surface area contributed by atoms with Crippen molar-refractivity contribution in [3.8, 4) is 0 Å². The van der Waals surface area contributed by atoms with Crippen LogP contribution in [0.4, 0.5) is 4.39 Å². The minimum absolute atomic E-state index is 0.0189. The molecule has 2 heterocycles. The lowest BCUT2D eigenvalue weighted by Crippen LogP contribution is -2.18. The normalized spacial score (nSPS) is 14.5. The predicted octanol–water partition coefficient (Wildman–Crippen LogP) is 2.54. The summed E-state index contributed by atoms with van der Waals surface area (Å²) in [6.45, 7) is 0. The Kier molecular flexibility index (Phi) is 1.92. The van der Waals surface area contributed by atoms with Crippen LogP contribution in [0.1, 0.15) is 17.7 Å². The summed E-state index contributed by atoms with van der Waals surface area (Å²) >= 11 is 1.37.